The van der Waals surface area contributed by atoms with E-state index in [0.29, 0.717) is 28.8 Å². The van der Waals surface area contributed by atoms with Crippen LogP contribution in [0.1, 0.15) is 12.5 Å². The first-order chi connectivity index (χ1) is 11.5. The van der Waals surface area contributed by atoms with Crippen LogP contribution in [0.3, 0.4) is 0 Å². The molecule has 0 aromatic heterocycles. The van der Waals surface area contributed by atoms with Gasteiger partial charge in [0, 0.05) is 35.7 Å². The van der Waals surface area contributed by atoms with Crippen LogP contribution in [0.4, 0.5) is 5.69 Å². The second kappa shape index (κ2) is 8.71. The van der Waals surface area contributed by atoms with Gasteiger partial charge in [0.05, 0.1) is 6.42 Å². The molecule has 0 aliphatic carbocycles. The first-order valence-electron chi connectivity index (χ1n) is 7.50. The molecule has 0 bridgehead atoms. The average molecular weight is 365 g/mol. The van der Waals surface area contributed by atoms with Gasteiger partial charge in [-0.05, 0) is 35.9 Å². The third-order valence-electron chi connectivity index (χ3n) is 3.44. The second-order valence-corrected chi connectivity index (χ2v) is 6.18. The van der Waals surface area contributed by atoms with E-state index in [9.17, 15) is 9.59 Å². The monoisotopic (exact) mass is 364 g/mol. The van der Waals surface area contributed by atoms with E-state index in [1.165, 1.54) is 6.92 Å². The van der Waals surface area contributed by atoms with Gasteiger partial charge in [0.15, 0.2) is 0 Å². The number of amides is 2. The zero-order valence-corrected chi connectivity index (χ0v) is 14.8. The number of nitrogens with one attached hydrogen (secondary N) is 1. The average Bonchev–Trinajstić information content (AvgIpc) is 2.53. The lowest BCUT2D eigenvalue weighted by atomic mass is 10.1. The Morgan fingerprint density at radius 2 is 1.75 bits per heavy atom. The van der Waals surface area contributed by atoms with Crippen LogP contribution >= 0.6 is 23.2 Å². The van der Waals surface area contributed by atoms with E-state index in [-0.39, 0.29) is 18.2 Å². The van der Waals surface area contributed by atoms with Crippen molar-refractivity contribution in [3.8, 4) is 0 Å². The summed E-state index contributed by atoms with van der Waals surface area (Å²) in [5, 5.41) is 4.01. The number of hydrogen-bond acceptors (Lipinski definition) is 2. The van der Waals surface area contributed by atoms with Crippen molar-refractivity contribution in [2.45, 2.75) is 13.3 Å². The van der Waals surface area contributed by atoms with Gasteiger partial charge in [-0.1, -0.05) is 41.4 Å². The smallest absolute Gasteiger partial charge is 0.224 e. The Morgan fingerprint density at radius 3 is 2.38 bits per heavy atom. The Bertz CT molecular complexity index is 717. The van der Waals surface area contributed by atoms with E-state index in [2.05, 4.69) is 5.32 Å². The molecule has 4 nitrogen and oxygen atoms in total. The van der Waals surface area contributed by atoms with Crippen LogP contribution in [0.2, 0.25) is 10.0 Å². The molecule has 126 valence electrons. The third kappa shape index (κ3) is 5.55. The molecule has 0 saturated heterocycles. The number of anilines is 1. The zero-order chi connectivity index (χ0) is 17.5. The molecule has 2 aromatic rings. The third-order valence-corrected chi connectivity index (χ3v) is 3.92. The molecular formula is C18H18Cl2N2O2. The van der Waals surface area contributed by atoms with E-state index in [1.807, 2.05) is 18.2 Å². The second-order valence-electron chi connectivity index (χ2n) is 5.30. The highest BCUT2D eigenvalue weighted by atomic mass is 35.5. The Labute approximate surface area is 151 Å². The molecule has 0 unspecified atom stereocenters. The molecule has 2 amide bonds. The minimum Gasteiger partial charge on any atom is -0.354 e. The quantitative estimate of drug-likeness (QED) is 0.849. The number of halogens is 2. The lowest BCUT2D eigenvalue weighted by Crippen LogP contribution is -2.38. The number of benzene rings is 2. The van der Waals surface area contributed by atoms with Crippen LogP contribution in [-0.4, -0.2) is 24.9 Å². The molecule has 0 heterocycles. The highest BCUT2D eigenvalue weighted by Gasteiger charge is 2.12. The van der Waals surface area contributed by atoms with Crippen LogP contribution in [0.25, 0.3) is 0 Å². The lowest BCUT2D eigenvalue weighted by molar-refractivity contribution is -0.121. The van der Waals surface area contributed by atoms with Crippen molar-refractivity contribution in [1.29, 1.82) is 0 Å². The fourth-order valence-corrected chi connectivity index (χ4v) is 2.58. The van der Waals surface area contributed by atoms with Crippen molar-refractivity contribution in [2.75, 3.05) is 18.0 Å². The Kier molecular flexibility index (Phi) is 6.64. The maximum absolute atomic E-state index is 12.0. The number of carbonyl (C=O) groups excluding carboxylic acids is 2. The molecule has 0 saturated carbocycles. The van der Waals surface area contributed by atoms with Gasteiger partial charge in [-0.25, -0.2) is 0 Å². The maximum Gasteiger partial charge on any atom is 0.224 e. The van der Waals surface area contributed by atoms with E-state index in [4.69, 9.17) is 23.2 Å². The highest BCUT2D eigenvalue weighted by Crippen LogP contribution is 2.19. The molecular weight excluding hydrogens is 347 g/mol. The van der Waals surface area contributed by atoms with Crippen molar-refractivity contribution < 1.29 is 9.59 Å². The SMILES string of the molecule is CC(=O)N(CCNC(=O)Cc1ccc(Cl)cc1)c1cccc(Cl)c1. The molecule has 6 heteroatoms. The van der Waals surface area contributed by atoms with Gasteiger partial charge >= 0.3 is 0 Å². The summed E-state index contributed by atoms with van der Waals surface area (Å²) in [4.78, 5) is 25.4. The molecule has 0 spiro atoms. The topological polar surface area (TPSA) is 49.4 Å². The van der Waals surface area contributed by atoms with Gasteiger partial charge in [-0.2, -0.15) is 0 Å². The number of rotatable bonds is 6. The summed E-state index contributed by atoms with van der Waals surface area (Å²) >= 11 is 11.8. The minimum atomic E-state index is -0.107. The summed E-state index contributed by atoms with van der Waals surface area (Å²) < 4.78 is 0. The van der Waals surface area contributed by atoms with Crippen LogP contribution in [-0.2, 0) is 16.0 Å². The Balaban J connectivity index is 1.87. The molecule has 0 atom stereocenters. The summed E-state index contributed by atoms with van der Waals surface area (Å²) in [6.45, 7) is 2.22. The van der Waals surface area contributed by atoms with Crippen LogP contribution in [0.5, 0.6) is 0 Å². The lowest BCUT2D eigenvalue weighted by Gasteiger charge is -2.21. The summed E-state index contributed by atoms with van der Waals surface area (Å²) in [5.74, 6) is -0.212. The van der Waals surface area contributed by atoms with Crippen molar-refractivity contribution in [3.05, 3.63) is 64.1 Å². The largest absolute Gasteiger partial charge is 0.354 e. The van der Waals surface area contributed by atoms with Crippen molar-refractivity contribution in [2.24, 2.45) is 0 Å². The molecule has 0 aliphatic rings. The Hall–Kier alpha value is -2.04. The van der Waals surface area contributed by atoms with Gasteiger partial charge in [-0.3, -0.25) is 9.59 Å². The molecule has 0 radical (unpaired) electrons. The Morgan fingerprint density at radius 1 is 1.04 bits per heavy atom. The maximum atomic E-state index is 12.0. The van der Waals surface area contributed by atoms with Gasteiger partial charge in [-0.15, -0.1) is 0 Å². The first kappa shape index (κ1) is 18.3. The summed E-state index contributed by atoms with van der Waals surface area (Å²) in [7, 11) is 0. The van der Waals surface area contributed by atoms with Crippen molar-refractivity contribution in [1.82, 2.24) is 5.32 Å². The number of carbonyl (C=O) groups is 2. The molecule has 0 fully saturated rings. The molecule has 24 heavy (non-hydrogen) atoms. The fourth-order valence-electron chi connectivity index (χ4n) is 2.27. The van der Waals surface area contributed by atoms with Gasteiger partial charge < -0.3 is 10.2 Å². The van der Waals surface area contributed by atoms with E-state index in [1.54, 1.807) is 35.2 Å². The molecule has 2 aromatic carbocycles. The van der Waals surface area contributed by atoms with E-state index in [0.717, 1.165) is 5.56 Å². The fraction of sp³-hybridized carbons (Fsp3) is 0.222. The highest BCUT2D eigenvalue weighted by molar-refractivity contribution is 6.31. The normalized spacial score (nSPS) is 10.3. The molecule has 1 N–H and O–H groups in total. The van der Waals surface area contributed by atoms with Crippen molar-refractivity contribution in [3.63, 3.8) is 0 Å². The molecule has 2 rings (SSSR count). The van der Waals surface area contributed by atoms with Crippen molar-refractivity contribution >= 4 is 40.7 Å². The summed E-state index contributed by atoms with van der Waals surface area (Å²) in [6.07, 6.45) is 0.272. The summed E-state index contributed by atoms with van der Waals surface area (Å²) in [5.41, 5.74) is 1.59. The van der Waals surface area contributed by atoms with Gasteiger partial charge in [0.25, 0.3) is 0 Å². The number of nitrogens with zero attached hydrogens (tertiary/aromatic N) is 1. The zero-order valence-electron chi connectivity index (χ0n) is 13.3. The van der Waals surface area contributed by atoms with E-state index < -0.39 is 0 Å². The predicted molar refractivity (Wildman–Crippen MR) is 97.6 cm³/mol. The number of hydrogen-bond donors (Lipinski definition) is 1. The van der Waals surface area contributed by atoms with Crippen LogP contribution < -0.4 is 10.2 Å². The summed E-state index contributed by atoms with van der Waals surface area (Å²) in [6, 6.07) is 14.2. The first-order valence-corrected chi connectivity index (χ1v) is 8.26. The standard InChI is InChI=1S/C18H18Cl2N2O2/c1-13(23)22(17-4-2-3-16(20)12-17)10-9-21-18(24)11-14-5-7-15(19)8-6-14/h2-8,12H,9-11H2,1H3,(H,21,24). The predicted octanol–water partition coefficient (Wildman–Crippen LogP) is 3.71. The van der Waals surface area contributed by atoms with Gasteiger partial charge in [0.2, 0.25) is 11.8 Å². The van der Waals surface area contributed by atoms with E-state index >= 15 is 0 Å². The van der Waals surface area contributed by atoms with Crippen LogP contribution in [0, 0.1) is 0 Å². The minimum absolute atomic E-state index is 0.105. The molecule has 0 aliphatic heterocycles. The van der Waals surface area contributed by atoms with Crippen LogP contribution in [0.15, 0.2) is 48.5 Å². The van der Waals surface area contributed by atoms with Gasteiger partial charge in [0.1, 0.15) is 0 Å².